The summed E-state index contributed by atoms with van der Waals surface area (Å²) in [5, 5.41) is 4.21. The van der Waals surface area contributed by atoms with Gasteiger partial charge in [0.1, 0.15) is 6.61 Å². The summed E-state index contributed by atoms with van der Waals surface area (Å²) in [6.07, 6.45) is 4.71. The van der Waals surface area contributed by atoms with Crippen molar-refractivity contribution >= 4 is 5.91 Å². The summed E-state index contributed by atoms with van der Waals surface area (Å²) in [4.78, 5) is 23.6. The first-order chi connectivity index (χ1) is 11.6. The Bertz CT molecular complexity index is 728. The number of rotatable bonds is 4. The van der Waals surface area contributed by atoms with Gasteiger partial charge in [-0.25, -0.2) is 9.97 Å². The van der Waals surface area contributed by atoms with Gasteiger partial charge in [-0.05, 0) is 38.3 Å². The average Bonchev–Trinajstić information content (AvgIpc) is 3.00. The summed E-state index contributed by atoms with van der Waals surface area (Å²) >= 11 is 0. The molecule has 24 heavy (non-hydrogen) atoms. The third-order valence-corrected chi connectivity index (χ3v) is 4.34. The maximum Gasteiger partial charge on any atom is 0.249 e. The van der Waals surface area contributed by atoms with Gasteiger partial charge in [0, 0.05) is 32.6 Å². The second-order valence-corrected chi connectivity index (χ2v) is 6.12. The van der Waals surface area contributed by atoms with Crippen LogP contribution in [-0.4, -0.2) is 50.8 Å². The number of aromatic nitrogens is 4. The molecular formula is C17H23N5O2. The second-order valence-electron chi connectivity index (χ2n) is 6.12. The zero-order valence-electron chi connectivity index (χ0n) is 14.4. The summed E-state index contributed by atoms with van der Waals surface area (Å²) in [6, 6.07) is 3.79. The number of aryl methyl sites for hydroxylation is 2. The highest BCUT2D eigenvalue weighted by atomic mass is 16.5. The summed E-state index contributed by atoms with van der Waals surface area (Å²) in [6.45, 7) is 2.78. The molecule has 0 aliphatic carbocycles. The van der Waals surface area contributed by atoms with Crippen LogP contribution in [0.3, 0.4) is 0 Å². The number of piperidine rings is 1. The Morgan fingerprint density at radius 3 is 2.92 bits per heavy atom. The van der Waals surface area contributed by atoms with Gasteiger partial charge in [-0.1, -0.05) is 0 Å². The van der Waals surface area contributed by atoms with E-state index in [1.54, 1.807) is 18.0 Å². The van der Waals surface area contributed by atoms with E-state index in [0.29, 0.717) is 5.82 Å². The molecule has 1 amide bonds. The average molecular weight is 329 g/mol. The van der Waals surface area contributed by atoms with Crippen LogP contribution >= 0.6 is 0 Å². The van der Waals surface area contributed by atoms with Crippen molar-refractivity contribution in [2.75, 3.05) is 20.3 Å². The zero-order valence-corrected chi connectivity index (χ0v) is 14.4. The molecule has 7 nitrogen and oxygen atoms in total. The van der Waals surface area contributed by atoms with Crippen LogP contribution in [0.4, 0.5) is 0 Å². The van der Waals surface area contributed by atoms with Crippen molar-refractivity contribution in [3.63, 3.8) is 0 Å². The van der Waals surface area contributed by atoms with Crippen LogP contribution in [0.1, 0.15) is 36.8 Å². The van der Waals surface area contributed by atoms with E-state index in [4.69, 9.17) is 9.72 Å². The Labute approximate surface area is 141 Å². The Balaban J connectivity index is 1.96. The minimum absolute atomic E-state index is 0.00519. The first-order valence-electron chi connectivity index (χ1n) is 8.22. The smallest absolute Gasteiger partial charge is 0.249 e. The van der Waals surface area contributed by atoms with Crippen LogP contribution in [0.15, 0.2) is 18.3 Å². The monoisotopic (exact) mass is 329 g/mol. The molecule has 0 aromatic carbocycles. The Hall–Kier alpha value is -2.28. The van der Waals surface area contributed by atoms with Crippen LogP contribution in [-0.2, 0) is 16.6 Å². The first-order valence-corrected chi connectivity index (χ1v) is 8.22. The topological polar surface area (TPSA) is 73.1 Å². The van der Waals surface area contributed by atoms with Crippen LogP contribution in [0.25, 0.3) is 11.4 Å². The van der Waals surface area contributed by atoms with E-state index in [0.717, 1.165) is 42.9 Å². The Kier molecular flexibility index (Phi) is 4.89. The molecule has 1 aliphatic heterocycles. The summed E-state index contributed by atoms with van der Waals surface area (Å²) in [7, 11) is 3.43. The van der Waals surface area contributed by atoms with Gasteiger partial charge in [0.15, 0.2) is 5.82 Å². The van der Waals surface area contributed by atoms with Crippen molar-refractivity contribution < 1.29 is 9.53 Å². The van der Waals surface area contributed by atoms with E-state index in [1.807, 2.05) is 31.0 Å². The molecule has 1 atom stereocenters. The maximum atomic E-state index is 12.4. The molecule has 3 rings (SSSR count). The van der Waals surface area contributed by atoms with Crippen molar-refractivity contribution in [3.8, 4) is 11.4 Å². The third-order valence-electron chi connectivity index (χ3n) is 4.34. The number of carbonyl (C=O) groups excluding carboxylic acids is 1. The fourth-order valence-electron chi connectivity index (χ4n) is 3.20. The lowest BCUT2D eigenvalue weighted by molar-refractivity contribution is -0.139. The van der Waals surface area contributed by atoms with Gasteiger partial charge in [0.05, 0.1) is 17.4 Å². The molecule has 0 N–H and O–H groups in total. The van der Waals surface area contributed by atoms with Crippen LogP contribution in [0.5, 0.6) is 0 Å². The lowest BCUT2D eigenvalue weighted by Gasteiger charge is -2.34. The van der Waals surface area contributed by atoms with Gasteiger partial charge in [-0.3, -0.25) is 9.48 Å². The second kappa shape index (κ2) is 7.09. The standard InChI is InChI=1S/C17H23N5O2/c1-12-10-13(14-7-8-18-21(14)2)20-17(19-12)15-6-4-5-9-22(15)16(23)11-24-3/h7-8,10,15H,4-6,9,11H2,1-3H3. The van der Waals surface area contributed by atoms with Gasteiger partial charge in [0.25, 0.3) is 0 Å². The molecule has 7 heteroatoms. The maximum absolute atomic E-state index is 12.4. The van der Waals surface area contributed by atoms with Crippen molar-refractivity contribution in [2.24, 2.45) is 7.05 Å². The number of hydrogen-bond donors (Lipinski definition) is 0. The number of nitrogens with zero attached hydrogens (tertiary/aromatic N) is 5. The largest absolute Gasteiger partial charge is 0.375 e. The van der Waals surface area contributed by atoms with Crippen LogP contribution in [0.2, 0.25) is 0 Å². The van der Waals surface area contributed by atoms with Crippen LogP contribution < -0.4 is 0 Å². The first kappa shape index (κ1) is 16.6. The zero-order chi connectivity index (χ0) is 17.1. The molecule has 128 valence electrons. The lowest BCUT2D eigenvalue weighted by Crippen LogP contribution is -2.41. The van der Waals surface area contributed by atoms with Crippen molar-refractivity contribution in [1.82, 2.24) is 24.6 Å². The van der Waals surface area contributed by atoms with Crippen molar-refractivity contribution in [2.45, 2.75) is 32.2 Å². The molecular weight excluding hydrogens is 306 g/mol. The molecule has 0 radical (unpaired) electrons. The van der Waals surface area contributed by atoms with Crippen LogP contribution in [0, 0.1) is 6.92 Å². The van der Waals surface area contributed by atoms with Gasteiger partial charge in [0.2, 0.25) is 5.91 Å². The Morgan fingerprint density at radius 1 is 1.38 bits per heavy atom. The number of ether oxygens (including phenoxy) is 1. The van der Waals surface area contributed by atoms with Gasteiger partial charge in [-0.15, -0.1) is 0 Å². The predicted molar refractivity (Wildman–Crippen MR) is 89.2 cm³/mol. The highest BCUT2D eigenvalue weighted by Crippen LogP contribution is 2.30. The molecule has 2 aromatic heterocycles. The van der Waals surface area contributed by atoms with Crippen molar-refractivity contribution in [3.05, 3.63) is 29.8 Å². The fraction of sp³-hybridized carbons (Fsp3) is 0.529. The minimum atomic E-state index is -0.0896. The minimum Gasteiger partial charge on any atom is -0.375 e. The highest BCUT2D eigenvalue weighted by Gasteiger charge is 2.30. The number of amides is 1. The number of methoxy groups -OCH3 is 1. The molecule has 0 saturated carbocycles. The number of hydrogen-bond acceptors (Lipinski definition) is 5. The van der Waals surface area contributed by atoms with E-state index in [-0.39, 0.29) is 18.6 Å². The molecule has 1 fully saturated rings. The quantitative estimate of drug-likeness (QED) is 0.856. The lowest BCUT2D eigenvalue weighted by atomic mass is 10.0. The van der Waals surface area contributed by atoms with Gasteiger partial charge >= 0.3 is 0 Å². The molecule has 3 heterocycles. The highest BCUT2D eigenvalue weighted by molar-refractivity contribution is 5.78. The Morgan fingerprint density at radius 2 is 2.21 bits per heavy atom. The van der Waals surface area contributed by atoms with E-state index >= 15 is 0 Å². The predicted octanol–water partition coefficient (Wildman–Crippen LogP) is 1.89. The number of likely N-dealkylation sites (tertiary alicyclic amines) is 1. The molecule has 2 aromatic rings. The molecule has 0 spiro atoms. The summed E-state index contributed by atoms with van der Waals surface area (Å²) in [5.74, 6) is 0.699. The van der Waals surface area contributed by atoms with Gasteiger partial charge in [-0.2, -0.15) is 5.10 Å². The van der Waals surface area contributed by atoms with E-state index in [1.165, 1.54) is 0 Å². The molecule has 1 unspecified atom stereocenters. The van der Waals surface area contributed by atoms with E-state index in [9.17, 15) is 4.79 Å². The normalized spacial score (nSPS) is 18.0. The number of carbonyl (C=O) groups is 1. The van der Waals surface area contributed by atoms with Gasteiger partial charge < -0.3 is 9.64 Å². The SMILES string of the molecule is COCC(=O)N1CCCCC1c1nc(C)cc(-c2ccnn2C)n1. The fourth-order valence-corrected chi connectivity index (χ4v) is 3.20. The molecule has 1 saturated heterocycles. The third kappa shape index (κ3) is 3.31. The van der Waals surface area contributed by atoms with E-state index in [2.05, 4.69) is 10.1 Å². The molecule has 1 aliphatic rings. The summed E-state index contributed by atoms with van der Waals surface area (Å²) < 4.78 is 6.81. The molecule has 0 bridgehead atoms. The summed E-state index contributed by atoms with van der Waals surface area (Å²) in [5.41, 5.74) is 2.66. The van der Waals surface area contributed by atoms with E-state index < -0.39 is 0 Å². The van der Waals surface area contributed by atoms with Crippen molar-refractivity contribution in [1.29, 1.82) is 0 Å².